The highest BCUT2D eigenvalue weighted by Gasteiger charge is 2.23. The molecule has 1 aliphatic rings. The Balaban J connectivity index is 2.32. The molecule has 2 aromatic rings. The van der Waals surface area contributed by atoms with Gasteiger partial charge in [-0.2, -0.15) is 0 Å². The van der Waals surface area contributed by atoms with E-state index in [2.05, 4.69) is 44.2 Å². The van der Waals surface area contributed by atoms with Gasteiger partial charge in [-0.05, 0) is 36.4 Å². The highest BCUT2D eigenvalue weighted by atomic mass is 16.3. The van der Waals surface area contributed by atoms with Gasteiger partial charge in [0, 0.05) is 0 Å². The molecule has 0 aliphatic heterocycles. The van der Waals surface area contributed by atoms with Crippen LogP contribution in [0.5, 0.6) is 0 Å². The maximum atomic E-state index is 5.55. The van der Waals surface area contributed by atoms with Crippen molar-refractivity contribution in [3.05, 3.63) is 58.9 Å². The molecule has 0 radical (unpaired) electrons. The first-order valence-corrected chi connectivity index (χ1v) is 5.59. The first-order chi connectivity index (χ1) is 7.79. The molecule has 0 bridgehead atoms. The third-order valence-corrected chi connectivity index (χ3v) is 3.47. The topological polar surface area (TPSA) is 13.1 Å². The van der Waals surface area contributed by atoms with Crippen molar-refractivity contribution in [2.24, 2.45) is 0 Å². The third-order valence-electron chi connectivity index (χ3n) is 3.47. The van der Waals surface area contributed by atoms with Gasteiger partial charge >= 0.3 is 0 Å². The average Bonchev–Trinajstić information content (AvgIpc) is 2.89. The molecule has 0 unspecified atom stereocenters. The van der Waals surface area contributed by atoms with Crippen molar-refractivity contribution in [2.75, 3.05) is 0 Å². The van der Waals surface area contributed by atoms with Gasteiger partial charge in [0.05, 0.1) is 12.2 Å². The van der Waals surface area contributed by atoms with Crippen LogP contribution in [0.4, 0.5) is 0 Å². The molecule has 0 spiro atoms. The number of benzene rings is 1. The quantitative estimate of drug-likeness (QED) is 0.704. The minimum atomic E-state index is 0.326. The summed E-state index contributed by atoms with van der Waals surface area (Å²) in [4.78, 5) is 0. The third kappa shape index (κ3) is 1.18. The molecule has 1 aliphatic carbocycles. The molecule has 0 saturated heterocycles. The van der Waals surface area contributed by atoms with E-state index in [0.29, 0.717) is 5.92 Å². The number of rotatable bonds is 1. The molecule has 0 fully saturated rings. The number of hydrogen-bond donors (Lipinski definition) is 0. The summed E-state index contributed by atoms with van der Waals surface area (Å²) < 4.78 is 5.55. The van der Waals surface area contributed by atoms with E-state index < -0.39 is 0 Å². The lowest BCUT2D eigenvalue weighted by atomic mass is 9.94. The lowest BCUT2D eigenvalue weighted by Crippen LogP contribution is -2.22. The standard InChI is InChI=1S/C15H14O/c1-10-12-6-3-4-7-13(12)11(2)15(10)14-8-5-9-16-14/h3-9,15H,1-2H3. The van der Waals surface area contributed by atoms with Gasteiger partial charge in [-0.25, -0.2) is 0 Å². The van der Waals surface area contributed by atoms with Crippen molar-refractivity contribution >= 4 is 11.1 Å². The lowest BCUT2D eigenvalue weighted by Gasteiger charge is -2.11. The van der Waals surface area contributed by atoms with Crippen molar-refractivity contribution in [3.8, 4) is 0 Å². The highest BCUT2D eigenvalue weighted by molar-refractivity contribution is 5.74. The Labute approximate surface area is 94.7 Å². The fraction of sp³-hybridized carbons (Fsp3) is 0.200. The van der Waals surface area contributed by atoms with Crippen LogP contribution in [0, 0.1) is 0 Å². The van der Waals surface area contributed by atoms with E-state index in [-0.39, 0.29) is 0 Å². The molecule has 1 heterocycles. The van der Waals surface area contributed by atoms with E-state index in [0.717, 1.165) is 5.76 Å². The Kier molecular flexibility index (Phi) is 2.00. The summed E-state index contributed by atoms with van der Waals surface area (Å²) in [5.74, 6) is 1.37. The number of fused-ring (bicyclic) bond motifs is 1. The van der Waals surface area contributed by atoms with Crippen LogP contribution in [-0.2, 0) is 0 Å². The smallest absolute Gasteiger partial charge is 0.114 e. The number of hydrogen-bond acceptors (Lipinski definition) is 1. The zero-order valence-corrected chi connectivity index (χ0v) is 9.53. The van der Waals surface area contributed by atoms with Gasteiger partial charge in [0.15, 0.2) is 0 Å². The van der Waals surface area contributed by atoms with Gasteiger partial charge in [0.2, 0.25) is 0 Å². The zero-order valence-electron chi connectivity index (χ0n) is 9.53. The van der Waals surface area contributed by atoms with E-state index in [4.69, 9.17) is 4.42 Å². The van der Waals surface area contributed by atoms with Gasteiger partial charge < -0.3 is 4.42 Å². The Morgan fingerprint density at radius 1 is 0.875 bits per heavy atom. The monoisotopic (exact) mass is 210 g/mol. The van der Waals surface area contributed by atoms with Crippen LogP contribution in [0.1, 0.15) is 25.5 Å². The van der Waals surface area contributed by atoms with Crippen LogP contribution in [-0.4, -0.2) is 0 Å². The molecule has 16 heavy (non-hydrogen) atoms. The Bertz CT molecular complexity index is 591. The lowest BCUT2D eigenvalue weighted by molar-refractivity contribution is 0.514. The van der Waals surface area contributed by atoms with E-state index in [1.54, 1.807) is 6.26 Å². The van der Waals surface area contributed by atoms with Crippen molar-refractivity contribution < 1.29 is 4.42 Å². The largest absolute Gasteiger partial charge is 0.468 e. The first-order valence-electron chi connectivity index (χ1n) is 5.59. The average molecular weight is 210 g/mol. The second-order valence-corrected chi connectivity index (χ2v) is 4.36. The predicted molar refractivity (Wildman–Crippen MR) is 65.3 cm³/mol. The Morgan fingerprint density at radius 3 is 2.00 bits per heavy atom. The summed E-state index contributed by atoms with van der Waals surface area (Å²) in [5.41, 5.74) is 2.78. The van der Waals surface area contributed by atoms with Gasteiger partial charge in [-0.1, -0.05) is 35.4 Å². The summed E-state index contributed by atoms with van der Waals surface area (Å²) in [5, 5.41) is 2.72. The van der Waals surface area contributed by atoms with Gasteiger partial charge in [0.1, 0.15) is 5.76 Å². The molecule has 1 heteroatoms. The summed E-state index contributed by atoms with van der Waals surface area (Å²) in [7, 11) is 0. The fourth-order valence-corrected chi connectivity index (χ4v) is 2.69. The van der Waals surface area contributed by atoms with Crippen LogP contribution in [0.2, 0.25) is 0 Å². The highest BCUT2D eigenvalue weighted by Crippen LogP contribution is 2.33. The summed E-state index contributed by atoms with van der Waals surface area (Å²) >= 11 is 0. The normalized spacial score (nSPS) is 15.6. The van der Waals surface area contributed by atoms with E-state index in [1.807, 2.05) is 6.07 Å². The summed E-state index contributed by atoms with van der Waals surface area (Å²) in [6, 6.07) is 12.6. The predicted octanol–water partition coefficient (Wildman–Crippen LogP) is 2.42. The zero-order chi connectivity index (χ0) is 11.1. The molecule has 1 aromatic heterocycles. The van der Waals surface area contributed by atoms with Gasteiger partial charge in [-0.3, -0.25) is 0 Å². The molecule has 0 N–H and O–H groups in total. The molecule has 0 saturated carbocycles. The molecule has 80 valence electrons. The van der Waals surface area contributed by atoms with E-state index in [9.17, 15) is 0 Å². The van der Waals surface area contributed by atoms with Crippen LogP contribution in [0.3, 0.4) is 0 Å². The number of furan rings is 1. The minimum Gasteiger partial charge on any atom is -0.468 e. The van der Waals surface area contributed by atoms with Crippen molar-refractivity contribution in [1.82, 2.24) is 0 Å². The van der Waals surface area contributed by atoms with Gasteiger partial charge in [0.25, 0.3) is 0 Å². The van der Waals surface area contributed by atoms with Crippen molar-refractivity contribution in [2.45, 2.75) is 19.8 Å². The first kappa shape index (κ1) is 9.46. The van der Waals surface area contributed by atoms with Crippen LogP contribution in [0.15, 0.2) is 47.1 Å². The summed E-state index contributed by atoms with van der Waals surface area (Å²) in [6.45, 7) is 4.39. The van der Waals surface area contributed by atoms with E-state index >= 15 is 0 Å². The van der Waals surface area contributed by atoms with Crippen molar-refractivity contribution in [3.63, 3.8) is 0 Å². The maximum absolute atomic E-state index is 5.55. The van der Waals surface area contributed by atoms with Crippen LogP contribution >= 0.6 is 0 Å². The van der Waals surface area contributed by atoms with E-state index in [1.165, 1.54) is 21.6 Å². The SMILES string of the molecule is CC1=c2ccccc2=C(C)C1c1ccco1. The second-order valence-electron chi connectivity index (χ2n) is 4.36. The van der Waals surface area contributed by atoms with Gasteiger partial charge in [-0.15, -0.1) is 0 Å². The molecule has 1 nitrogen and oxygen atoms in total. The molecule has 3 rings (SSSR count). The van der Waals surface area contributed by atoms with Crippen LogP contribution < -0.4 is 10.4 Å². The molecule has 0 amide bonds. The Hall–Kier alpha value is -1.76. The molecule has 0 atom stereocenters. The Morgan fingerprint density at radius 2 is 1.50 bits per heavy atom. The second kappa shape index (κ2) is 3.38. The van der Waals surface area contributed by atoms with Crippen LogP contribution in [0.25, 0.3) is 11.1 Å². The fourth-order valence-electron chi connectivity index (χ4n) is 2.69. The summed E-state index contributed by atoms with van der Waals surface area (Å²) in [6.07, 6.45) is 1.75. The van der Waals surface area contributed by atoms with Crippen molar-refractivity contribution in [1.29, 1.82) is 0 Å². The molecule has 1 aromatic carbocycles. The molecular weight excluding hydrogens is 196 g/mol. The minimum absolute atomic E-state index is 0.326. The molecular formula is C15H14O. The maximum Gasteiger partial charge on any atom is 0.114 e.